The van der Waals surface area contributed by atoms with Gasteiger partial charge >= 0.3 is 0 Å². The maximum absolute atomic E-state index is 11.0. The van der Waals surface area contributed by atoms with Crippen molar-refractivity contribution in [3.63, 3.8) is 0 Å². The van der Waals surface area contributed by atoms with Gasteiger partial charge in [-0.3, -0.25) is 4.90 Å². The topological polar surface area (TPSA) is 71.4 Å². The number of benzene rings is 1. The van der Waals surface area contributed by atoms with E-state index in [1.54, 1.807) is 7.11 Å². The Labute approximate surface area is 140 Å². The molecule has 1 aliphatic carbocycles. The number of aliphatic hydroxyl groups excluding tert-OH is 2. The molecule has 4 atom stereocenters. The quantitative estimate of drug-likeness (QED) is 0.808. The third kappa shape index (κ3) is 1.71. The summed E-state index contributed by atoms with van der Waals surface area (Å²) in [5, 5.41) is 21.8. The van der Waals surface area contributed by atoms with Gasteiger partial charge in [-0.2, -0.15) is 0 Å². The Hall–Kier alpha value is -1.76. The number of rotatable bonds is 1. The molecular weight excluding hydrogens is 310 g/mol. The third-order valence-corrected chi connectivity index (χ3v) is 6.03. The number of nitrogens with zero attached hydrogens (tertiary/aromatic N) is 1. The first-order valence-corrected chi connectivity index (χ1v) is 8.45. The molecule has 24 heavy (non-hydrogen) atoms. The molecule has 1 saturated heterocycles. The normalized spacial score (nSPS) is 36.6. The molecule has 1 spiro atoms. The minimum atomic E-state index is -0.722. The van der Waals surface area contributed by atoms with Crippen molar-refractivity contribution in [3.8, 4) is 11.5 Å². The third-order valence-electron chi connectivity index (χ3n) is 6.03. The maximum atomic E-state index is 11.0. The van der Waals surface area contributed by atoms with E-state index in [0.717, 1.165) is 30.5 Å². The van der Waals surface area contributed by atoms with Gasteiger partial charge < -0.3 is 24.4 Å². The van der Waals surface area contributed by atoms with Gasteiger partial charge in [0.25, 0.3) is 0 Å². The summed E-state index contributed by atoms with van der Waals surface area (Å²) in [5.41, 5.74) is 1.46. The number of β-amino-alcohol motifs (C(OH)–C–C–N with tert-alkyl or cyclic N) is 1. The van der Waals surface area contributed by atoms with Crippen LogP contribution in [0.2, 0.25) is 0 Å². The summed E-state index contributed by atoms with van der Waals surface area (Å²) in [6.07, 6.45) is 2.73. The van der Waals surface area contributed by atoms with Crippen LogP contribution in [0.1, 0.15) is 36.0 Å². The van der Waals surface area contributed by atoms with Crippen LogP contribution in [0.25, 0.3) is 0 Å². The highest BCUT2D eigenvalue weighted by Gasteiger charge is 2.57. The van der Waals surface area contributed by atoms with Crippen molar-refractivity contribution in [1.29, 1.82) is 0 Å². The van der Waals surface area contributed by atoms with Gasteiger partial charge in [0.2, 0.25) is 6.79 Å². The Morgan fingerprint density at radius 1 is 1.21 bits per heavy atom. The Bertz CT molecular complexity index is 732. The van der Waals surface area contributed by atoms with Gasteiger partial charge in [-0.05, 0) is 48.7 Å². The predicted octanol–water partition coefficient (Wildman–Crippen LogP) is 1.29. The van der Waals surface area contributed by atoms with E-state index in [9.17, 15) is 10.2 Å². The van der Waals surface area contributed by atoms with Crippen LogP contribution in [0.5, 0.6) is 11.5 Å². The average molecular weight is 331 g/mol. The number of hydrogen-bond acceptors (Lipinski definition) is 6. The first-order chi connectivity index (χ1) is 11.6. The van der Waals surface area contributed by atoms with E-state index in [-0.39, 0.29) is 18.2 Å². The molecule has 3 heterocycles. The molecule has 1 aromatic rings. The zero-order valence-electron chi connectivity index (χ0n) is 13.6. The van der Waals surface area contributed by atoms with Crippen LogP contribution in [-0.4, -0.2) is 53.7 Å². The molecule has 4 aliphatic rings. The van der Waals surface area contributed by atoms with Crippen LogP contribution in [0, 0.1) is 0 Å². The Morgan fingerprint density at radius 3 is 2.71 bits per heavy atom. The number of fused-ring (bicyclic) bond motifs is 3. The largest absolute Gasteiger partial charge is 0.499 e. The van der Waals surface area contributed by atoms with E-state index in [2.05, 4.69) is 11.0 Å². The Morgan fingerprint density at radius 2 is 1.96 bits per heavy atom. The fraction of sp³-hybridized carbons (Fsp3) is 0.556. The Balaban J connectivity index is 1.73. The van der Waals surface area contributed by atoms with Crippen molar-refractivity contribution in [2.75, 3.05) is 27.0 Å². The number of methoxy groups -OCH3 is 1. The van der Waals surface area contributed by atoms with E-state index in [1.807, 2.05) is 12.1 Å². The minimum Gasteiger partial charge on any atom is -0.499 e. The first-order valence-electron chi connectivity index (χ1n) is 8.45. The SMILES string of the molecule is COC1=C[C@]23CCCN2CC(O)c2cc4c(cc2C3[C@@H]1O)OCO4. The van der Waals surface area contributed by atoms with Crippen LogP contribution in [0.3, 0.4) is 0 Å². The maximum Gasteiger partial charge on any atom is 0.231 e. The van der Waals surface area contributed by atoms with E-state index in [0.29, 0.717) is 23.8 Å². The smallest absolute Gasteiger partial charge is 0.231 e. The zero-order valence-corrected chi connectivity index (χ0v) is 13.6. The summed E-state index contributed by atoms with van der Waals surface area (Å²) < 4.78 is 16.5. The molecule has 2 N–H and O–H groups in total. The summed E-state index contributed by atoms with van der Waals surface area (Å²) >= 11 is 0. The standard InChI is InChI=1S/C18H21NO5/c1-22-15-7-18-3-2-4-19(18)8-12(20)10-5-13-14(24-9-23-13)6-11(10)16(18)17(15)21/h5-7,12,16-17,20-21H,2-4,8-9H2,1H3/t12?,16?,17-,18+/m1/s1. The van der Waals surface area contributed by atoms with Gasteiger partial charge in [0, 0.05) is 12.5 Å². The fourth-order valence-corrected chi connectivity index (χ4v) is 5.01. The monoisotopic (exact) mass is 331 g/mol. The van der Waals surface area contributed by atoms with Crippen molar-refractivity contribution in [2.24, 2.45) is 0 Å². The van der Waals surface area contributed by atoms with Gasteiger partial charge in [-0.25, -0.2) is 0 Å². The molecular formula is C18H21NO5. The van der Waals surface area contributed by atoms with Gasteiger partial charge in [-0.1, -0.05) is 0 Å². The number of ether oxygens (including phenoxy) is 3. The van der Waals surface area contributed by atoms with E-state index < -0.39 is 12.2 Å². The Kier molecular flexibility index (Phi) is 2.96. The summed E-state index contributed by atoms with van der Waals surface area (Å²) in [5.74, 6) is 1.79. The average Bonchev–Trinajstić information content (AvgIpc) is 3.24. The number of hydrogen-bond donors (Lipinski definition) is 2. The molecule has 0 amide bonds. The second-order valence-corrected chi connectivity index (χ2v) is 7.06. The summed E-state index contributed by atoms with van der Waals surface area (Å²) in [6.45, 7) is 1.65. The lowest BCUT2D eigenvalue weighted by Gasteiger charge is -2.38. The molecule has 128 valence electrons. The minimum absolute atomic E-state index is 0.170. The van der Waals surface area contributed by atoms with Crippen LogP contribution in [0.4, 0.5) is 0 Å². The van der Waals surface area contributed by atoms with Crippen molar-refractivity contribution in [2.45, 2.75) is 36.5 Å². The molecule has 6 heteroatoms. The van der Waals surface area contributed by atoms with Crippen LogP contribution >= 0.6 is 0 Å². The first kappa shape index (κ1) is 14.6. The van der Waals surface area contributed by atoms with Gasteiger partial charge in [-0.15, -0.1) is 0 Å². The molecule has 1 fully saturated rings. The second-order valence-electron chi connectivity index (χ2n) is 7.06. The molecule has 1 aromatic carbocycles. The molecule has 0 bridgehead atoms. The molecule has 0 saturated carbocycles. The van der Waals surface area contributed by atoms with E-state index >= 15 is 0 Å². The van der Waals surface area contributed by atoms with Crippen molar-refractivity contribution < 1.29 is 24.4 Å². The van der Waals surface area contributed by atoms with Gasteiger partial charge in [0.15, 0.2) is 11.5 Å². The fourth-order valence-electron chi connectivity index (χ4n) is 5.01. The molecule has 0 aromatic heterocycles. The molecule has 3 aliphatic heterocycles. The highest BCUT2D eigenvalue weighted by atomic mass is 16.7. The van der Waals surface area contributed by atoms with E-state index in [4.69, 9.17) is 14.2 Å². The van der Waals surface area contributed by atoms with E-state index in [1.165, 1.54) is 0 Å². The van der Waals surface area contributed by atoms with Gasteiger partial charge in [0.1, 0.15) is 11.9 Å². The lowest BCUT2D eigenvalue weighted by molar-refractivity contribution is 0.0575. The molecule has 6 nitrogen and oxygen atoms in total. The van der Waals surface area contributed by atoms with Crippen LogP contribution in [-0.2, 0) is 4.74 Å². The number of aliphatic hydroxyl groups is 2. The van der Waals surface area contributed by atoms with Crippen LogP contribution < -0.4 is 9.47 Å². The highest BCUT2D eigenvalue weighted by Crippen LogP contribution is 2.55. The molecule has 2 unspecified atom stereocenters. The lowest BCUT2D eigenvalue weighted by Crippen LogP contribution is -2.47. The lowest BCUT2D eigenvalue weighted by atomic mass is 9.77. The molecule has 5 rings (SSSR count). The highest BCUT2D eigenvalue weighted by molar-refractivity contribution is 5.54. The van der Waals surface area contributed by atoms with Gasteiger partial charge in [0.05, 0.1) is 18.8 Å². The van der Waals surface area contributed by atoms with Crippen molar-refractivity contribution in [3.05, 3.63) is 35.1 Å². The predicted molar refractivity (Wildman–Crippen MR) is 84.9 cm³/mol. The van der Waals surface area contributed by atoms with Crippen molar-refractivity contribution >= 4 is 0 Å². The summed E-state index contributed by atoms with van der Waals surface area (Å²) in [7, 11) is 1.60. The second kappa shape index (κ2) is 4.88. The van der Waals surface area contributed by atoms with Crippen LogP contribution in [0.15, 0.2) is 24.0 Å². The van der Waals surface area contributed by atoms with Crippen molar-refractivity contribution in [1.82, 2.24) is 4.90 Å². The zero-order chi connectivity index (χ0) is 16.5. The molecule has 0 radical (unpaired) electrons. The summed E-state index contributed by atoms with van der Waals surface area (Å²) in [6, 6.07) is 3.81. The summed E-state index contributed by atoms with van der Waals surface area (Å²) in [4.78, 5) is 2.30.